The fourth-order valence-corrected chi connectivity index (χ4v) is 3.17. The number of aliphatic imine (C=N–C) groups is 1. The number of aromatic nitrogens is 1. The van der Waals surface area contributed by atoms with E-state index in [1.54, 1.807) is 21.1 Å². The van der Waals surface area contributed by atoms with Crippen LogP contribution in [0.3, 0.4) is 0 Å². The van der Waals surface area contributed by atoms with Crippen LogP contribution in [0.4, 0.5) is 0 Å². The van der Waals surface area contributed by atoms with Gasteiger partial charge in [0.25, 0.3) is 0 Å². The van der Waals surface area contributed by atoms with Crippen molar-refractivity contribution < 1.29 is 14.3 Å². The summed E-state index contributed by atoms with van der Waals surface area (Å²) >= 11 is 1.36. The Morgan fingerprint density at radius 3 is 2.69 bits per heavy atom. The molecule has 0 radical (unpaired) electrons. The third kappa shape index (κ3) is 8.63. The summed E-state index contributed by atoms with van der Waals surface area (Å²) in [6, 6.07) is -0.0495. The molecule has 0 aliphatic rings. The lowest BCUT2D eigenvalue weighted by atomic mass is 10.2. The van der Waals surface area contributed by atoms with E-state index in [1.807, 2.05) is 13.8 Å². The topological polar surface area (TPSA) is 84.8 Å². The molecule has 1 aromatic heterocycles. The van der Waals surface area contributed by atoms with E-state index >= 15 is 0 Å². The van der Waals surface area contributed by atoms with Gasteiger partial charge in [-0.2, -0.15) is 0 Å². The van der Waals surface area contributed by atoms with E-state index in [2.05, 4.69) is 20.6 Å². The number of carbonyl (C=O) groups is 1. The van der Waals surface area contributed by atoms with E-state index in [9.17, 15) is 4.79 Å². The molecule has 26 heavy (non-hydrogen) atoms. The van der Waals surface area contributed by atoms with Crippen molar-refractivity contribution in [3.05, 3.63) is 15.6 Å². The molecule has 1 unspecified atom stereocenters. The molecule has 150 valence electrons. The van der Waals surface area contributed by atoms with Crippen molar-refractivity contribution in [2.75, 3.05) is 33.9 Å². The van der Waals surface area contributed by atoms with Gasteiger partial charge in [-0.3, -0.25) is 4.99 Å². The van der Waals surface area contributed by atoms with Crippen LogP contribution in [0.2, 0.25) is 0 Å². The van der Waals surface area contributed by atoms with Crippen LogP contribution in [-0.4, -0.2) is 50.8 Å². The summed E-state index contributed by atoms with van der Waals surface area (Å²) in [5.74, 6) is 0.416. The van der Waals surface area contributed by atoms with Gasteiger partial charge in [0.15, 0.2) is 5.96 Å². The van der Waals surface area contributed by atoms with E-state index in [1.165, 1.54) is 11.3 Å². The fraction of sp³-hybridized carbons (Fsp3) is 0.706. The number of rotatable bonds is 10. The van der Waals surface area contributed by atoms with Crippen LogP contribution in [-0.2, 0) is 9.47 Å². The fourth-order valence-electron chi connectivity index (χ4n) is 2.20. The van der Waals surface area contributed by atoms with Gasteiger partial charge in [0.05, 0.1) is 18.3 Å². The minimum Gasteiger partial charge on any atom is -0.462 e. The van der Waals surface area contributed by atoms with Gasteiger partial charge < -0.3 is 20.1 Å². The normalized spacial score (nSPS) is 12.3. The maximum atomic E-state index is 11.9. The van der Waals surface area contributed by atoms with Crippen LogP contribution >= 0.6 is 35.3 Å². The number of aryl methyl sites for hydroxylation is 1. The average Bonchev–Trinajstić information content (AvgIpc) is 2.99. The van der Waals surface area contributed by atoms with Crippen LogP contribution in [0.15, 0.2) is 4.99 Å². The molecule has 0 aliphatic carbocycles. The SMILES string of the molecule is CCOC(=O)c1sc(C(C)NC(=NC)NCCCCCOC)nc1C.I. The first-order valence-electron chi connectivity index (χ1n) is 8.64. The summed E-state index contributed by atoms with van der Waals surface area (Å²) in [6.07, 6.45) is 3.24. The predicted molar refractivity (Wildman–Crippen MR) is 117 cm³/mol. The van der Waals surface area contributed by atoms with Crippen molar-refractivity contribution in [3.63, 3.8) is 0 Å². The van der Waals surface area contributed by atoms with Gasteiger partial charge in [-0.05, 0) is 40.0 Å². The number of nitrogens with one attached hydrogen (secondary N) is 2. The highest BCUT2D eigenvalue weighted by Crippen LogP contribution is 2.24. The summed E-state index contributed by atoms with van der Waals surface area (Å²) in [6.45, 7) is 7.63. The maximum Gasteiger partial charge on any atom is 0.350 e. The standard InChI is InChI=1S/C17H30N4O3S.HI/c1-6-24-16(22)14-12(2)20-15(25-14)13(3)21-17(18-4)19-10-8-7-9-11-23-5;/h13H,6-11H2,1-5H3,(H2,18,19,21);1H. The molecule has 0 amide bonds. The number of esters is 1. The number of ether oxygens (including phenoxy) is 2. The molecule has 0 saturated carbocycles. The second-order valence-electron chi connectivity index (χ2n) is 5.61. The number of unbranched alkanes of at least 4 members (excludes halogenated alkanes) is 2. The zero-order valence-corrected chi connectivity index (χ0v) is 19.4. The molecule has 1 heterocycles. The van der Waals surface area contributed by atoms with Gasteiger partial charge >= 0.3 is 5.97 Å². The number of hydrogen-bond acceptors (Lipinski definition) is 6. The minimum absolute atomic E-state index is 0. The molecule has 1 rings (SSSR count). The van der Waals surface area contributed by atoms with E-state index in [-0.39, 0.29) is 36.0 Å². The van der Waals surface area contributed by atoms with Crippen molar-refractivity contribution in [1.82, 2.24) is 15.6 Å². The Morgan fingerprint density at radius 2 is 2.08 bits per heavy atom. The molecule has 9 heteroatoms. The molecule has 7 nitrogen and oxygen atoms in total. The molecule has 1 aromatic rings. The third-order valence-electron chi connectivity index (χ3n) is 3.54. The Bertz CT molecular complexity index is 566. The molecule has 0 fully saturated rings. The summed E-state index contributed by atoms with van der Waals surface area (Å²) in [5.41, 5.74) is 0.702. The predicted octanol–water partition coefficient (Wildman–Crippen LogP) is 3.29. The largest absolute Gasteiger partial charge is 0.462 e. The molecule has 0 bridgehead atoms. The summed E-state index contributed by atoms with van der Waals surface area (Å²) in [5, 5.41) is 7.44. The van der Waals surface area contributed by atoms with E-state index < -0.39 is 0 Å². The lowest BCUT2D eigenvalue weighted by Gasteiger charge is -2.16. The summed E-state index contributed by atoms with van der Waals surface area (Å²) < 4.78 is 10.1. The van der Waals surface area contributed by atoms with Gasteiger partial charge in [0, 0.05) is 27.3 Å². The molecule has 2 N–H and O–H groups in total. The Labute approximate surface area is 177 Å². The smallest absolute Gasteiger partial charge is 0.350 e. The minimum atomic E-state index is -0.311. The van der Waals surface area contributed by atoms with Gasteiger partial charge in [-0.15, -0.1) is 35.3 Å². The Balaban J connectivity index is 0.00000625. The number of carbonyl (C=O) groups excluding carboxylic acids is 1. The van der Waals surface area contributed by atoms with Crippen LogP contribution in [0.5, 0.6) is 0 Å². The number of methoxy groups -OCH3 is 1. The van der Waals surface area contributed by atoms with Crippen molar-refractivity contribution in [2.24, 2.45) is 4.99 Å². The first-order chi connectivity index (χ1) is 12.0. The van der Waals surface area contributed by atoms with Crippen molar-refractivity contribution >= 4 is 47.2 Å². The van der Waals surface area contributed by atoms with Crippen molar-refractivity contribution in [3.8, 4) is 0 Å². The monoisotopic (exact) mass is 498 g/mol. The van der Waals surface area contributed by atoms with Gasteiger partial charge in [-0.1, -0.05) is 0 Å². The number of halogens is 1. The van der Waals surface area contributed by atoms with Crippen LogP contribution < -0.4 is 10.6 Å². The second kappa shape index (κ2) is 14.2. The van der Waals surface area contributed by atoms with Crippen LogP contribution in [0, 0.1) is 6.92 Å². The first kappa shape index (κ1) is 25.1. The molecular formula is C17H31IN4O3S. The van der Waals surface area contributed by atoms with Gasteiger partial charge in [-0.25, -0.2) is 9.78 Å². The highest BCUT2D eigenvalue weighted by Gasteiger charge is 2.19. The molecule has 0 aromatic carbocycles. The van der Waals surface area contributed by atoms with E-state index in [0.29, 0.717) is 17.2 Å². The summed E-state index contributed by atoms with van der Waals surface area (Å²) in [4.78, 5) is 21.2. The van der Waals surface area contributed by atoms with E-state index in [4.69, 9.17) is 9.47 Å². The third-order valence-corrected chi connectivity index (χ3v) is 4.86. The Hall–Kier alpha value is -0.940. The highest BCUT2D eigenvalue weighted by molar-refractivity contribution is 14.0. The number of guanidine groups is 1. The molecule has 0 saturated heterocycles. The zero-order valence-electron chi connectivity index (χ0n) is 16.3. The number of hydrogen-bond donors (Lipinski definition) is 2. The molecule has 0 spiro atoms. The van der Waals surface area contributed by atoms with E-state index in [0.717, 1.165) is 43.4 Å². The Kier molecular flexibility index (Phi) is 13.6. The maximum absolute atomic E-state index is 11.9. The van der Waals surface area contributed by atoms with Crippen molar-refractivity contribution in [2.45, 2.75) is 46.1 Å². The Morgan fingerprint density at radius 1 is 1.35 bits per heavy atom. The zero-order chi connectivity index (χ0) is 18.7. The van der Waals surface area contributed by atoms with Gasteiger partial charge in [0.2, 0.25) is 0 Å². The molecular weight excluding hydrogens is 467 g/mol. The van der Waals surface area contributed by atoms with Crippen LogP contribution in [0.25, 0.3) is 0 Å². The molecule has 0 aliphatic heterocycles. The number of thiazole rings is 1. The first-order valence-corrected chi connectivity index (χ1v) is 9.45. The van der Waals surface area contributed by atoms with Gasteiger partial charge in [0.1, 0.15) is 9.88 Å². The lowest BCUT2D eigenvalue weighted by molar-refractivity contribution is 0.0531. The quantitative estimate of drug-likeness (QED) is 0.169. The average molecular weight is 498 g/mol. The van der Waals surface area contributed by atoms with Crippen LogP contribution in [0.1, 0.15) is 59.5 Å². The summed E-state index contributed by atoms with van der Waals surface area (Å²) in [7, 11) is 3.46. The number of nitrogens with zero attached hydrogens (tertiary/aromatic N) is 2. The lowest BCUT2D eigenvalue weighted by Crippen LogP contribution is -2.39. The highest BCUT2D eigenvalue weighted by atomic mass is 127. The molecule has 1 atom stereocenters. The second-order valence-corrected chi connectivity index (χ2v) is 6.64. The van der Waals surface area contributed by atoms with Crippen molar-refractivity contribution in [1.29, 1.82) is 0 Å².